The van der Waals surface area contributed by atoms with Gasteiger partial charge in [0, 0.05) is 18.7 Å². The van der Waals surface area contributed by atoms with Gasteiger partial charge in [-0.15, -0.1) is 0 Å². The highest BCUT2D eigenvalue weighted by Gasteiger charge is 2.06. The van der Waals surface area contributed by atoms with Crippen LogP contribution in [0.5, 0.6) is 5.75 Å². The maximum Gasteiger partial charge on any atom is 0.164 e. The van der Waals surface area contributed by atoms with Gasteiger partial charge in [-0.2, -0.15) is 5.10 Å². The van der Waals surface area contributed by atoms with Crippen LogP contribution < -0.4 is 10.5 Å². The van der Waals surface area contributed by atoms with Gasteiger partial charge in [-0.25, -0.2) is 9.67 Å². The number of hydrogen-bond donors (Lipinski definition) is 1. The van der Waals surface area contributed by atoms with Gasteiger partial charge in [0.15, 0.2) is 5.82 Å². The Morgan fingerprint density at radius 2 is 2.22 bits per heavy atom. The Labute approximate surface area is 107 Å². The number of aryl methyl sites for hydroxylation is 2. The van der Waals surface area contributed by atoms with Crippen LogP contribution in [-0.2, 0) is 19.7 Å². The Kier molecular flexibility index (Phi) is 3.94. The molecule has 0 spiro atoms. The summed E-state index contributed by atoms with van der Waals surface area (Å²) in [6, 6.07) is 6.00. The summed E-state index contributed by atoms with van der Waals surface area (Å²) in [5.41, 5.74) is 7.90. The van der Waals surface area contributed by atoms with Crippen LogP contribution in [0.2, 0.25) is 0 Å². The van der Waals surface area contributed by atoms with E-state index in [1.807, 2.05) is 36.7 Å². The first kappa shape index (κ1) is 12.6. The standard InChI is InChI=1S/C13H18N4O/c1-3-17-13(15-9-16-17)8-18-12-5-4-10(2)6-11(12)7-14/h4-6,9H,3,7-8,14H2,1-2H3. The molecule has 1 heterocycles. The molecular weight excluding hydrogens is 228 g/mol. The van der Waals surface area contributed by atoms with E-state index in [1.54, 1.807) is 6.33 Å². The van der Waals surface area contributed by atoms with Crippen molar-refractivity contribution in [2.24, 2.45) is 5.73 Å². The SMILES string of the molecule is CCn1ncnc1COc1ccc(C)cc1CN. The van der Waals surface area contributed by atoms with Crippen molar-refractivity contribution >= 4 is 0 Å². The number of rotatable bonds is 5. The molecule has 5 heteroatoms. The highest BCUT2D eigenvalue weighted by molar-refractivity contribution is 5.36. The molecule has 0 bridgehead atoms. The summed E-state index contributed by atoms with van der Waals surface area (Å²) in [6.45, 7) is 5.73. The van der Waals surface area contributed by atoms with Crippen LogP contribution in [0.15, 0.2) is 24.5 Å². The number of hydrogen-bond acceptors (Lipinski definition) is 4. The van der Waals surface area contributed by atoms with Crippen LogP contribution >= 0.6 is 0 Å². The van der Waals surface area contributed by atoms with E-state index in [9.17, 15) is 0 Å². The molecule has 0 saturated carbocycles. The fourth-order valence-corrected chi connectivity index (χ4v) is 1.81. The second-order valence-electron chi connectivity index (χ2n) is 4.10. The van der Waals surface area contributed by atoms with Gasteiger partial charge in [0.05, 0.1) is 0 Å². The van der Waals surface area contributed by atoms with E-state index in [-0.39, 0.29) is 0 Å². The first-order chi connectivity index (χ1) is 8.74. The Morgan fingerprint density at radius 1 is 1.39 bits per heavy atom. The number of benzene rings is 1. The second-order valence-corrected chi connectivity index (χ2v) is 4.10. The number of nitrogens with two attached hydrogens (primary N) is 1. The smallest absolute Gasteiger partial charge is 0.164 e. The lowest BCUT2D eigenvalue weighted by Gasteiger charge is -2.11. The summed E-state index contributed by atoms with van der Waals surface area (Å²) in [5, 5.41) is 4.10. The van der Waals surface area contributed by atoms with E-state index < -0.39 is 0 Å². The normalized spacial score (nSPS) is 10.6. The molecule has 18 heavy (non-hydrogen) atoms. The number of nitrogens with zero attached hydrogens (tertiary/aromatic N) is 3. The van der Waals surface area contributed by atoms with Crippen molar-refractivity contribution in [3.8, 4) is 5.75 Å². The molecule has 0 aliphatic heterocycles. The lowest BCUT2D eigenvalue weighted by Crippen LogP contribution is -2.09. The molecular formula is C13H18N4O. The van der Waals surface area contributed by atoms with Gasteiger partial charge < -0.3 is 10.5 Å². The monoisotopic (exact) mass is 246 g/mol. The van der Waals surface area contributed by atoms with Crippen molar-refractivity contribution < 1.29 is 4.74 Å². The molecule has 96 valence electrons. The van der Waals surface area contributed by atoms with Crippen molar-refractivity contribution in [3.05, 3.63) is 41.5 Å². The molecule has 1 aromatic heterocycles. The third-order valence-corrected chi connectivity index (χ3v) is 2.79. The fraction of sp³-hybridized carbons (Fsp3) is 0.385. The van der Waals surface area contributed by atoms with Crippen molar-refractivity contribution in [2.45, 2.75) is 33.5 Å². The third kappa shape index (κ3) is 2.68. The molecule has 0 unspecified atom stereocenters. The minimum Gasteiger partial charge on any atom is -0.485 e. The molecule has 1 aromatic carbocycles. The molecule has 0 aliphatic rings. The average molecular weight is 246 g/mol. The molecule has 0 saturated heterocycles. The van der Waals surface area contributed by atoms with E-state index >= 15 is 0 Å². The molecule has 0 radical (unpaired) electrons. The predicted molar refractivity (Wildman–Crippen MR) is 69.1 cm³/mol. The maximum atomic E-state index is 5.77. The van der Waals surface area contributed by atoms with E-state index in [0.29, 0.717) is 13.2 Å². The van der Waals surface area contributed by atoms with E-state index in [2.05, 4.69) is 10.1 Å². The average Bonchev–Trinajstić information content (AvgIpc) is 2.84. The Morgan fingerprint density at radius 3 is 2.94 bits per heavy atom. The van der Waals surface area contributed by atoms with Crippen LogP contribution in [0, 0.1) is 6.92 Å². The molecule has 2 aromatic rings. The van der Waals surface area contributed by atoms with Crippen LogP contribution in [0.3, 0.4) is 0 Å². The second kappa shape index (κ2) is 5.64. The Bertz CT molecular complexity index is 521. The van der Waals surface area contributed by atoms with Gasteiger partial charge >= 0.3 is 0 Å². The van der Waals surface area contributed by atoms with Gasteiger partial charge in [0.1, 0.15) is 18.7 Å². The molecule has 0 fully saturated rings. The topological polar surface area (TPSA) is 66.0 Å². The van der Waals surface area contributed by atoms with Gasteiger partial charge in [0.2, 0.25) is 0 Å². The van der Waals surface area contributed by atoms with E-state index in [4.69, 9.17) is 10.5 Å². The quantitative estimate of drug-likeness (QED) is 0.871. The van der Waals surface area contributed by atoms with Crippen LogP contribution in [0.1, 0.15) is 23.9 Å². The van der Waals surface area contributed by atoms with Crippen LogP contribution in [0.25, 0.3) is 0 Å². The minimum atomic E-state index is 0.407. The highest BCUT2D eigenvalue weighted by Crippen LogP contribution is 2.20. The molecule has 0 aliphatic carbocycles. The lowest BCUT2D eigenvalue weighted by atomic mass is 10.1. The predicted octanol–water partition coefficient (Wildman–Crippen LogP) is 1.64. The van der Waals surface area contributed by atoms with Crippen LogP contribution in [0.4, 0.5) is 0 Å². The zero-order chi connectivity index (χ0) is 13.0. The zero-order valence-corrected chi connectivity index (χ0v) is 10.8. The maximum absolute atomic E-state index is 5.77. The summed E-state index contributed by atoms with van der Waals surface area (Å²) in [5.74, 6) is 1.63. The van der Waals surface area contributed by atoms with Crippen molar-refractivity contribution in [3.63, 3.8) is 0 Å². The summed E-state index contributed by atoms with van der Waals surface area (Å²) in [6.07, 6.45) is 1.54. The van der Waals surface area contributed by atoms with E-state index in [0.717, 1.165) is 23.7 Å². The highest BCUT2D eigenvalue weighted by atomic mass is 16.5. The number of ether oxygens (including phenoxy) is 1. The summed E-state index contributed by atoms with van der Waals surface area (Å²) in [4.78, 5) is 4.17. The molecule has 2 rings (SSSR count). The van der Waals surface area contributed by atoms with Crippen molar-refractivity contribution in [2.75, 3.05) is 0 Å². The van der Waals surface area contributed by atoms with Gasteiger partial charge in [-0.3, -0.25) is 0 Å². The van der Waals surface area contributed by atoms with E-state index in [1.165, 1.54) is 5.56 Å². The zero-order valence-electron chi connectivity index (χ0n) is 10.8. The van der Waals surface area contributed by atoms with Crippen molar-refractivity contribution in [1.82, 2.24) is 14.8 Å². The Balaban J connectivity index is 2.10. The fourth-order valence-electron chi connectivity index (χ4n) is 1.81. The molecule has 5 nitrogen and oxygen atoms in total. The van der Waals surface area contributed by atoms with Gasteiger partial charge in [-0.05, 0) is 19.9 Å². The third-order valence-electron chi connectivity index (χ3n) is 2.79. The molecule has 0 atom stereocenters. The van der Waals surface area contributed by atoms with Crippen LogP contribution in [-0.4, -0.2) is 14.8 Å². The summed E-state index contributed by atoms with van der Waals surface area (Å²) in [7, 11) is 0. The lowest BCUT2D eigenvalue weighted by molar-refractivity contribution is 0.284. The number of aromatic nitrogens is 3. The largest absolute Gasteiger partial charge is 0.485 e. The van der Waals surface area contributed by atoms with Crippen molar-refractivity contribution in [1.29, 1.82) is 0 Å². The summed E-state index contributed by atoms with van der Waals surface area (Å²) >= 11 is 0. The van der Waals surface area contributed by atoms with Gasteiger partial charge in [-0.1, -0.05) is 17.7 Å². The first-order valence-electron chi connectivity index (χ1n) is 6.03. The Hall–Kier alpha value is -1.88. The first-order valence-corrected chi connectivity index (χ1v) is 6.03. The summed E-state index contributed by atoms with van der Waals surface area (Å²) < 4.78 is 7.58. The molecule has 2 N–H and O–H groups in total. The minimum absolute atomic E-state index is 0.407. The molecule has 0 amide bonds. The van der Waals surface area contributed by atoms with Gasteiger partial charge in [0.25, 0.3) is 0 Å².